The van der Waals surface area contributed by atoms with Gasteiger partial charge in [0, 0.05) is 24.7 Å². The Balaban J connectivity index is 0.00000105. The molecule has 1 amide bonds. The van der Waals surface area contributed by atoms with Crippen molar-refractivity contribution in [2.45, 2.75) is 32.7 Å². The minimum Gasteiger partial charge on any atom is -0.508 e. The van der Waals surface area contributed by atoms with E-state index in [-0.39, 0.29) is 35.3 Å². The van der Waals surface area contributed by atoms with Crippen molar-refractivity contribution in [1.82, 2.24) is 9.80 Å². The van der Waals surface area contributed by atoms with Crippen LogP contribution in [0.3, 0.4) is 0 Å². The van der Waals surface area contributed by atoms with Crippen molar-refractivity contribution in [3.8, 4) is 5.75 Å². The maximum Gasteiger partial charge on any atom is 0.335 e. The van der Waals surface area contributed by atoms with Crippen LogP contribution in [0.5, 0.6) is 5.75 Å². The molecule has 0 spiro atoms. The number of carboxylic acid groups (broad SMARTS) is 2. The van der Waals surface area contributed by atoms with E-state index in [1.165, 1.54) is 12.1 Å². The van der Waals surface area contributed by atoms with E-state index in [4.69, 9.17) is 15.0 Å². The normalized spacial score (nSPS) is 16.1. The zero-order valence-electron chi connectivity index (χ0n) is 15.1. The standard InChI is InChI=1S/C17H24N2O4.CH2O2/c1-3-18(4-2)11-14-6-5-7-19(14)16(21)12-8-13(17(22)23)10-15(20)9-12;2-1-3/h8-10,14,20H,3-7,11H2,1-2H3,(H,22,23);1H,(H,2,3). The molecule has 1 atom stereocenters. The molecule has 0 saturated carbocycles. The number of amides is 1. The lowest BCUT2D eigenvalue weighted by Crippen LogP contribution is -2.43. The molecule has 1 fully saturated rings. The van der Waals surface area contributed by atoms with E-state index in [0.29, 0.717) is 6.54 Å². The molecule has 2 rings (SSSR count). The second-order valence-electron chi connectivity index (χ2n) is 5.96. The molecule has 8 nitrogen and oxygen atoms in total. The van der Waals surface area contributed by atoms with Crippen LogP contribution in [-0.4, -0.2) is 75.7 Å². The van der Waals surface area contributed by atoms with Crippen molar-refractivity contribution >= 4 is 18.3 Å². The Morgan fingerprint density at radius 3 is 2.35 bits per heavy atom. The van der Waals surface area contributed by atoms with Gasteiger partial charge in [-0.15, -0.1) is 0 Å². The third-order valence-electron chi connectivity index (χ3n) is 4.41. The lowest BCUT2D eigenvalue weighted by Gasteiger charge is -2.29. The quantitative estimate of drug-likeness (QED) is 0.656. The number of likely N-dealkylation sites (tertiary alicyclic amines) is 1. The highest BCUT2D eigenvalue weighted by molar-refractivity contribution is 5.98. The number of hydrogen-bond acceptors (Lipinski definition) is 5. The first kappa shape index (κ1) is 21.4. The van der Waals surface area contributed by atoms with Crippen molar-refractivity contribution < 1.29 is 29.7 Å². The van der Waals surface area contributed by atoms with Crippen molar-refractivity contribution in [1.29, 1.82) is 0 Å². The van der Waals surface area contributed by atoms with Gasteiger partial charge in [0.15, 0.2) is 0 Å². The van der Waals surface area contributed by atoms with Crippen LogP contribution in [-0.2, 0) is 4.79 Å². The number of aromatic carboxylic acids is 1. The van der Waals surface area contributed by atoms with Crippen molar-refractivity contribution in [3.05, 3.63) is 29.3 Å². The Labute approximate surface area is 152 Å². The molecule has 1 aromatic rings. The summed E-state index contributed by atoms with van der Waals surface area (Å²) in [7, 11) is 0. The number of hydrogen-bond donors (Lipinski definition) is 3. The molecule has 1 aliphatic rings. The van der Waals surface area contributed by atoms with Crippen molar-refractivity contribution in [3.63, 3.8) is 0 Å². The Hall–Kier alpha value is -2.61. The van der Waals surface area contributed by atoms with E-state index in [1.807, 2.05) is 0 Å². The first-order valence-electron chi connectivity index (χ1n) is 8.56. The summed E-state index contributed by atoms with van der Waals surface area (Å²) in [6, 6.07) is 3.95. The van der Waals surface area contributed by atoms with Gasteiger partial charge in [-0.2, -0.15) is 0 Å². The van der Waals surface area contributed by atoms with Crippen LogP contribution < -0.4 is 0 Å². The van der Waals surface area contributed by atoms with Gasteiger partial charge in [0.05, 0.1) is 5.56 Å². The van der Waals surface area contributed by atoms with E-state index in [9.17, 15) is 14.7 Å². The molecular formula is C18H26N2O6. The third-order valence-corrected chi connectivity index (χ3v) is 4.41. The van der Waals surface area contributed by atoms with Crippen molar-refractivity contribution in [2.24, 2.45) is 0 Å². The van der Waals surface area contributed by atoms with Gasteiger partial charge in [-0.3, -0.25) is 9.59 Å². The van der Waals surface area contributed by atoms with Gasteiger partial charge in [-0.25, -0.2) is 4.79 Å². The Bertz CT molecular complexity index is 630. The lowest BCUT2D eigenvalue weighted by molar-refractivity contribution is -0.122. The molecule has 0 radical (unpaired) electrons. The van der Waals surface area contributed by atoms with Gasteiger partial charge >= 0.3 is 5.97 Å². The molecule has 1 aliphatic heterocycles. The summed E-state index contributed by atoms with van der Waals surface area (Å²) in [6.45, 7) is 7.30. The van der Waals surface area contributed by atoms with Gasteiger partial charge in [0.2, 0.25) is 0 Å². The Kier molecular flexibility index (Phi) is 8.57. The third kappa shape index (κ3) is 5.73. The number of carbonyl (C=O) groups excluding carboxylic acids is 1. The van der Waals surface area contributed by atoms with Crippen LogP contribution in [0.25, 0.3) is 0 Å². The van der Waals surface area contributed by atoms with E-state index >= 15 is 0 Å². The van der Waals surface area contributed by atoms with Gasteiger partial charge in [-0.05, 0) is 44.1 Å². The summed E-state index contributed by atoms with van der Waals surface area (Å²) in [5, 5.41) is 25.6. The predicted molar refractivity (Wildman–Crippen MR) is 95.6 cm³/mol. The lowest BCUT2D eigenvalue weighted by atomic mass is 10.1. The number of carboxylic acids is 1. The van der Waals surface area contributed by atoms with Gasteiger partial charge < -0.3 is 25.1 Å². The summed E-state index contributed by atoms with van der Waals surface area (Å²) in [6.07, 6.45) is 1.90. The van der Waals surface area contributed by atoms with Crippen LogP contribution >= 0.6 is 0 Å². The molecule has 0 bridgehead atoms. The topological polar surface area (TPSA) is 118 Å². The molecule has 0 aliphatic carbocycles. The average Bonchev–Trinajstić information content (AvgIpc) is 3.07. The highest BCUT2D eigenvalue weighted by Crippen LogP contribution is 2.23. The summed E-state index contributed by atoms with van der Waals surface area (Å²) in [5.74, 6) is -1.57. The maximum absolute atomic E-state index is 12.7. The molecule has 144 valence electrons. The first-order valence-corrected chi connectivity index (χ1v) is 8.56. The average molecular weight is 366 g/mol. The second kappa shape index (κ2) is 10.4. The summed E-state index contributed by atoms with van der Waals surface area (Å²) in [4.78, 5) is 36.3. The number of phenols is 1. The molecule has 8 heteroatoms. The molecule has 1 saturated heterocycles. The molecule has 3 N–H and O–H groups in total. The Morgan fingerprint density at radius 1 is 1.23 bits per heavy atom. The zero-order chi connectivity index (χ0) is 19.7. The summed E-state index contributed by atoms with van der Waals surface area (Å²) in [5.41, 5.74) is 0.154. The minimum atomic E-state index is -1.16. The van der Waals surface area contributed by atoms with Crippen LogP contribution in [0.2, 0.25) is 0 Å². The summed E-state index contributed by atoms with van der Waals surface area (Å²) < 4.78 is 0. The van der Waals surface area contributed by atoms with Crippen LogP contribution in [0.1, 0.15) is 47.4 Å². The van der Waals surface area contributed by atoms with Crippen LogP contribution in [0, 0.1) is 0 Å². The fraction of sp³-hybridized carbons (Fsp3) is 0.500. The molecular weight excluding hydrogens is 340 g/mol. The molecule has 26 heavy (non-hydrogen) atoms. The first-order chi connectivity index (χ1) is 12.4. The smallest absolute Gasteiger partial charge is 0.335 e. The van der Waals surface area contributed by atoms with E-state index < -0.39 is 5.97 Å². The molecule has 1 unspecified atom stereocenters. The number of benzene rings is 1. The van der Waals surface area contributed by atoms with Gasteiger partial charge in [0.25, 0.3) is 12.4 Å². The highest BCUT2D eigenvalue weighted by atomic mass is 16.4. The monoisotopic (exact) mass is 366 g/mol. The fourth-order valence-corrected chi connectivity index (χ4v) is 3.10. The number of aromatic hydroxyl groups is 1. The van der Waals surface area contributed by atoms with Gasteiger partial charge in [0.1, 0.15) is 5.75 Å². The number of likely N-dealkylation sites (N-methyl/N-ethyl adjacent to an activating group) is 1. The summed E-state index contributed by atoms with van der Waals surface area (Å²) >= 11 is 0. The number of carbonyl (C=O) groups is 3. The number of nitrogens with zero attached hydrogens (tertiary/aromatic N) is 2. The fourth-order valence-electron chi connectivity index (χ4n) is 3.10. The maximum atomic E-state index is 12.7. The Morgan fingerprint density at radius 2 is 1.81 bits per heavy atom. The number of rotatable bonds is 6. The molecule has 1 heterocycles. The van der Waals surface area contributed by atoms with E-state index in [0.717, 1.165) is 38.5 Å². The highest BCUT2D eigenvalue weighted by Gasteiger charge is 2.30. The van der Waals surface area contributed by atoms with E-state index in [2.05, 4.69) is 18.7 Å². The van der Waals surface area contributed by atoms with Crippen LogP contribution in [0.15, 0.2) is 18.2 Å². The molecule has 1 aromatic carbocycles. The zero-order valence-corrected chi connectivity index (χ0v) is 15.1. The van der Waals surface area contributed by atoms with E-state index in [1.54, 1.807) is 4.90 Å². The second-order valence-corrected chi connectivity index (χ2v) is 5.96. The predicted octanol–water partition coefficient (Wildman–Crippen LogP) is 1.74. The minimum absolute atomic E-state index is 0.0761. The largest absolute Gasteiger partial charge is 0.508 e. The SMILES string of the molecule is CCN(CC)CC1CCCN1C(=O)c1cc(O)cc(C(=O)O)c1.O=CO. The van der Waals surface area contributed by atoms with Crippen LogP contribution in [0.4, 0.5) is 0 Å². The molecule has 0 aromatic heterocycles. The van der Waals surface area contributed by atoms with Crippen molar-refractivity contribution in [2.75, 3.05) is 26.2 Å². The number of phenolic OH excluding ortho intramolecular Hbond substituents is 1. The van der Waals surface area contributed by atoms with Gasteiger partial charge in [-0.1, -0.05) is 13.8 Å².